The number of nitrogens with zero attached hydrogens (tertiary/aromatic N) is 2. The van der Waals surface area contributed by atoms with Crippen LogP contribution in [0.15, 0.2) is 52.8 Å². The van der Waals surface area contributed by atoms with Gasteiger partial charge in [0.05, 0.1) is 20.8 Å². The highest BCUT2D eigenvalue weighted by Gasteiger charge is 2.54. The van der Waals surface area contributed by atoms with Crippen LogP contribution in [-0.4, -0.2) is 56.6 Å². The molecule has 2 aliphatic rings. The topological polar surface area (TPSA) is 134 Å². The Bertz CT molecular complexity index is 1320. The number of hydrogen-bond donors (Lipinski definition) is 3. The number of carbonyl (C=O) groups excluding carboxylic acids is 3. The summed E-state index contributed by atoms with van der Waals surface area (Å²) in [4.78, 5) is 50.7. The van der Waals surface area contributed by atoms with Gasteiger partial charge < -0.3 is 16.2 Å². The summed E-state index contributed by atoms with van der Waals surface area (Å²) in [5.74, 6) is -2.48. The number of carboxylic acids is 1. The van der Waals surface area contributed by atoms with E-state index in [1.54, 1.807) is 29.0 Å². The van der Waals surface area contributed by atoms with Crippen molar-refractivity contribution in [3.05, 3.63) is 68.6 Å². The van der Waals surface area contributed by atoms with Crippen LogP contribution in [0.3, 0.4) is 0 Å². The number of primary amides is 1. The van der Waals surface area contributed by atoms with E-state index in [1.807, 2.05) is 0 Å². The molecule has 9 nitrogen and oxygen atoms in total. The molecule has 2 atom stereocenters. The first-order valence-corrected chi connectivity index (χ1v) is 13.5. The molecule has 2 aromatic rings. The van der Waals surface area contributed by atoms with Crippen molar-refractivity contribution in [2.24, 2.45) is 5.73 Å². The summed E-state index contributed by atoms with van der Waals surface area (Å²) in [7, 11) is 0. The van der Waals surface area contributed by atoms with Gasteiger partial charge in [-0.05, 0) is 18.2 Å². The lowest BCUT2D eigenvalue weighted by molar-refractivity contribution is -0.689. The van der Waals surface area contributed by atoms with Gasteiger partial charge in [0.25, 0.3) is 11.8 Å². The molecule has 36 heavy (non-hydrogen) atoms. The second-order valence-electron chi connectivity index (χ2n) is 7.83. The lowest BCUT2D eigenvalue weighted by atomic mass is 10.0. The quantitative estimate of drug-likeness (QED) is 0.187. The monoisotopic (exact) mass is 587 g/mol. The van der Waals surface area contributed by atoms with Gasteiger partial charge in [-0.2, -0.15) is 0 Å². The molecular formula is C22H18Cl3N4O5S2+. The van der Waals surface area contributed by atoms with E-state index < -0.39 is 35.1 Å². The smallest absolute Gasteiger partial charge is 0.352 e. The molecule has 188 valence electrons. The highest BCUT2D eigenvalue weighted by molar-refractivity contribution is 8.00. The third kappa shape index (κ3) is 5.45. The number of halogens is 3. The van der Waals surface area contributed by atoms with Crippen LogP contribution in [-0.2, 0) is 20.9 Å². The molecule has 0 bridgehead atoms. The largest absolute Gasteiger partial charge is 0.477 e. The molecule has 0 radical (unpaired) electrons. The van der Waals surface area contributed by atoms with Crippen LogP contribution >= 0.6 is 58.3 Å². The van der Waals surface area contributed by atoms with Crippen molar-refractivity contribution in [3.8, 4) is 0 Å². The van der Waals surface area contributed by atoms with Gasteiger partial charge in [0.1, 0.15) is 22.7 Å². The number of pyridine rings is 1. The summed E-state index contributed by atoms with van der Waals surface area (Å²) in [5, 5.41) is 12.9. The van der Waals surface area contributed by atoms with Crippen molar-refractivity contribution in [2.75, 3.05) is 11.5 Å². The Morgan fingerprint density at radius 1 is 1.22 bits per heavy atom. The minimum absolute atomic E-state index is 0.0292. The van der Waals surface area contributed by atoms with E-state index in [4.69, 9.17) is 40.5 Å². The minimum atomic E-state index is -1.25. The summed E-state index contributed by atoms with van der Waals surface area (Å²) in [6, 6.07) is 5.37. The first-order valence-electron chi connectivity index (χ1n) is 10.3. The van der Waals surface area contributed by atoms with Crippen LogP contribution < -0.4 is 15.6 Å². The highest BCUT2D eigenvalue weighted by atomic mass is 35.5. The van der Waals surface area contributed by atoms with Crippen LogP contribution in [0, 0.1) is 0 Å². The average Bonchev–Trinajstić information content (AvgIpc) is 2.83. The van der Waals surface area contributed by atoms with Gasteiger partial charge in [0.2, 0.25) is 5.91 Å². The van der Waals surface area contributed by atoms with Crippen molar-refractivity contribution >= 4 is 82.0 Å². The maximum Gasteiger partial charge on any atom is 0.352 e. The number of carboxylic acid groups (broad SMARTS) is 1. The number of hydrogen-bond acceptors (Lipinski definition) is 6. The molecule has 2 aliphatic heterocycles. The van der Waals surface area contributed by atoms with E-state index >= 15 is 0 Å². The van der Waals surface area contributed by atoms with E-state index in [9.17, 15) is 24.3 Å². The highest BCUT2D eigenvalue weighted by Crippen LogP contribution is 2.40. The predicted molar refractivity (Wildman–Crippen MR) is 137 cm³/mol. The summed E-state index contributed by atoms with van der Waals surface area (Å²) in [5.41, 5.74) is 5.97. The van der Waals surface area contributed by atoms with E-state index in [-0.39, 0.29) is 23.6 Å². The summed E-state index contributed by atoms with van der Waals surface area (Å²) >= 11 is 20.6. The first-order chi connectivity index (χ1) is 17.1. The zero-order valence-electron chi connectivity index (χ0n) is 18.2. The number of nitrogens with two attached hydrogens (primary N) is 1. The van der Waals surface area contributed by atoms with E-state index in [1.165, 1.54) is 28.9 Å². The number of thioether (sulfide) groups is 2. The Balaban J connectivity index is 1.43. The number of carbonyl (C=O) groups is 4. The number of amides is 3. The molecule has 14 heteroatoms. The Hall–Kier alpha value is -2.44. The molecule has 1 aromatic heterocycles. The first kappa shape index (κ1) is 26.6. The third-order valence-corrected chi connectivity index (χ3v) is 8.96. The van der Waals surface area contributed by atoms with Crippen molar-refractivity contribution in [3.63, 3.8) is 0 Å². The van der Waals surface area contributed by atoms with E-state index in [0.29, 0.717) is 31.3 Å². The number of aliphatic carboxylic acids is 1. The van der Waals surface area contributed by atoms with Crippen molar-refractivity contribution in [1.82, 2.24) is 10.2 Å². The van der Waals surface area contributed by atoms with Gasteiger partial charge in [-0.1, -0.05) is 34.8 Å². The molecule has 1 fully saturated rings. The molecule has 4 N–H and O–H groups in total. The van der Waals surface area contributed by atoms with Gasteiger partial charge in [0.15, 0.2) is 18.9 Å². The zero-order chi connectivity index (χ0) is 26.1. The number of rotatable bonds is 8. The molecular weight excluding hydrogens is 571 g/mol. The lowest BCUT2D eigenvalue weighted by Crippen LogP contribution is -2.71. The fourth-order valence-electron chi connectivity index (χ4n) is 3.76. The maximum absolute atomic E-state index is 12.9. The molecule has 3 amide bonds. The molecule has 0 aliphatic carbocycles. The Labute approximate surface area is 228 Å². The van der Waals surface area contributed by atoms with Gasteiger partial charge in [-0.15, -0.1) is 23.5 Å². The summed E-state index contributed by atoms with van der Waals surface area (Å²) < 4.78 is 1.63. The van der Waals surface area contributed by atoms with Crippen molar-refractivity contribution in [2.45, 2.75) is 22.9 Å². The molecule has 4 rings (SSSR count). The molecule has 3 heterocycles. The van der Waals surface area contributed by atoms with Gasteiger partial charge in [0, 0.05) is 22.3 Å². The summed E-state index contributed by atoms with van der Waals surface area (Å²) in [6.07, 6.45) is 3.19. The summed E-state index contributed by atoms with van der Waals surface area (Å²) in [6.45, 7) is 0.157. The molecule has 1 saturated heterocycles. The van der Waals surface area contributed by atoms with Gasteiger partial charge >= 0.3 is 5.97 Å². The minimum Gasteiger partial charge on any atom is -0.477 e. The second kappa shape index (κ2) is 10.9. The van der Waals surface area contributed by atoms with Crippen molar-refractivity contribution in [1.29, 1.82) is 0 Å². The van der Waals surface area contributed by atoms with Crippen LogP contribution in [0.25, 0.3) is 0 Å². The zero-order valence-corrected chi connectivity index (χ0v) is 22.1. The number of β-lactam (4-membered cyclic amide) rings is 1. The Morgan fingerprint density at radius 2 is 1.94 bits per heavy atom. The van der Waals surface area contributed by atoms with E-state index in [2.05, 4.69) is 5.32 Å². The number of nitrogens with one attached hydrogen (secondary N) is 1. The van der Waals surface area contributed by atoms with Crippen LogP contribution in [0.4, 0.5) is 0 Å². The van der Waals surface area contributed by atoms with Crippen LogP contribution in [0.1, 0.15) is 10.4 Å². The third-order valence-electron chi connectivity index (χ3n) is 5.42. The number of aromatic nitrogens is 1. The van der Waals surface area contributed by atoms with Crippen molar-refractivity contribution < 1.29 is 28.9 Å². The second-order valence-corrected chi connectivity index (χ2v) is 11.2. The fraction of sp³-hybridized carbons (Fsp3) is 0.227. The Kier molecular flexibility index (Phi) is 8.06. The van der Waals surface area contributed by atoms with Gasteiger partial charge in [-0.25, -0.2) is 9.36 Å². The molecule has 0 spiro atoms. The predicted octanol–water partition coefficient (Wildman–Crippen LogP) is 2.56. The number of benzene rings is 1. The maximum atomic E-state index is 12.9. The average molecular weight is 589 g/mol. The molecule has 0 saturated carbocycles. The van der Waals surface area contributed by atoms with Gasteiger partial charge in [-0.3, -0.25) is 19.3 Å². The van der Waals surface area contributed by atoms with Crippen LogP contribution in [0.2, 0.25) is 15.1 Å². The SMILES string of the molecule is NC(=O)c1ccc[n+](CC2=C(C(=O)O)N3C(=O)[C@@H](NC(=O)CSc4cc(Cl)c(Cl)cc4Cl)[C@H]3SC2)c1. The fourth-order valence-corrected chi connectivity index (χ4v) is 6.64. The standard InChI is InChI=1S/C22H17Cl3N4O5S2/c23-12-4-14(25)15(5-13(12)24)35-9-16(30)27-17-20(32)29-18(22(33)34)11(8-36-21(17)29)7-28-3-1-2-10(6-28)19(26)31/h1-6,17,21H,7-9H2,(H3-,26,27,30,31,33,34)/p+1/t17-,21-/m1/s1. The Morgan fingerprint density at radius 3 is 2.64 bits per heavy atom. The van der Waals surface area contributed by atoms with E-state index in [0.717, 1.165) is 11.8 Å². The molecule has 0 unspecified atom stereocenters. The molecule has 1 aromatic carbocycles. The lowest BCUT2D eigenvalue weighted by Gasteiger charge is -2.49. The normalized spacial score (nSPS) is 19.0. The number of fused-ring (bicyclic) bond motifs is 1. The van der Waals surface area contributed by atoms with Crippen LogP contribution in [0.5, 0.6) is 0 Å².